The van der Waals surface area contributed by atoms with Gasteiger partial charge >= 0.3 is 5.88 Å². The highest BCUT2D eigenvalue weighted by Gasteiger charge is 2.33. The van der Waals surface area contributed by atoms with Crippen molar-refractivity contribution in [2.24, 2.45) is 4.99 Å². The zero-order valence-corrected chi connectivity index (χ0v) is 22.2. The van der Waals surface area contributed by atoms with Crippen LogP contribution in [-0.2, 0) is 14.3 Å². The van der Waals surface area contributed by atoms with Gasteiger partial charge in [0, 0.05) is 5.56 Å². The Kier molecular flexibility index (Phi) is 8.08. The fourth-order valence-corrected chi connectivity index (χ4v) is 4.87. The van der Waals surface area contributed by atoms with Crippen molar-refractivity contribution >= 4 is 46.4 Å². The number of carbonyl (C=O) groups is 2. The van der Waals surface area contributed by atoms with E-state index in [4.69, 9.17) is 18.7 Å². The fourth-order valence-electron chi connectivity index (χ4n) is 4.06. The van der Waals surface area contributed by atoms with E-state index in [0.717, 1.165) is 11.8 Å². The maximum atomic E-state index is 13.5. The molecule has 1 N–H and O–H groups in total. The van der Waals surface area contributed by atoms with Gasteiger partial charge < -0.3 is 14.2 Å². The highest BCUT2D eigenvalue weighted by atomic mass is 32.2. The molecule has 0 spiro atoms. The molecule has 0 saturated carbocycles. The van der Waals surface area contributed by atoms with E-state index < -0.39 is 0 Å². The highest BCUT2D eigenvalue weighted by molar-refractivity contribution is 8.14. The summed E-state index contributed by atoms with van der Waals surface area (Å²) in [4.78, 5) is 33.8. The third-order valence-corrected chi connectivity index (χ3v) is 6.84. The Morgan fingerprint density at radius 3 is 2.67 bits per heavy atom. The van der Waals surface area contributed by atoms with Crippen molar-refractivity contribution in [1.82, 2.24) is 5.27 Å². The lowest BCUT2D eigenvalue weighted by Gasteiger charge is -2.18. The summed E-state index contributed by atoms with van der Waals surface area (Å²) >= 11 is 1.14. The van der Waals surface area contributed by atoms with Crippen LogP contribution in [0.3, 0.4) is 0 Å². The maximum Gasteiger partial charge on any atom is 0.305 e. The van der Waals surface area contributed by atoms with Crippen LogP contribution in [0.15, 0.2) is 69.9 Å². The molecule has 202 valence electrons. The Morgan fingerprint density at radius 1 is 1.13 bits per heavy atom. The second kappa shape index (κ2) is 12.0. The molecule has 2 aliphatic heterocycles. The molecule has 0 aliphatic carbocycles. The molecule has 12 nitrogen and oxygen atoms in total. The monoisotopic (exact) mass is 551 g/mol. The molecular formula is C26H27N6O6S+. The zero-order valence-electron chi connectivity index (χ0n) is 21.4. The van der Waals surface area contributed by atoms with E-state index in [1.165, 1.54) is 12.0 Å². The van der Waals surface area contributed by atoms with Gasteiger partial charge in [-0.3, -0.25) is 24.3 Å². The number of para-hydroxylation sites is 2. The molecule has 2 aromatic carbocycles. The number of carbonyl (C=O) groups excluding carboxylic acids is 2. The number of thioether (sulfide) groups is 1. The first kappa shape index (κ1) is 26.3. The van der Waals surface area contributed by atoms with Crippen LogP contribution in [0, 0.1) is 0 Å². The van der Waals surface area contributed by atoms with Crippen LogP contribution < -0.4 is 29.5 Å². The number of rotatable bonds is 8. The van der Waals surface area contributed by atoms with Gasteiger partial charge in [0.25, 0.3) is 12.1 Å². The number of amidine groups is 1. The predicted octanol–water partition coefficient (Wildman–Crippen LogP) is 2.06. The second-order valence-electron chi connectivity index (χ2n) is 8.37. The van der Waals surface area contributed by atoms with Gasteiger partial charge in [-0.05, 0) is 24.3 Å². The van der Waals surface area contributed by atoms with Crippen molar-refractivity contribution in [2.45, 2.75) is 0 Å². The average molecular weight is 552 g/mol. The van der Waals surface area contributed by atoms with Crippen molar-refractivity contribution in [3.63, 3.8) is 0 Å². The highest BCUT2D eigenvalue weighted by Crippen LogP contribution is 2.35. The van der Waals surface area contributed by atoms with Crippen molar-refractivity contribution < 1.29 is 33.1 Å². The van der Waals surface area contributed by atoms with E-state index in [1.807, 2.05) is 41.4 Å². The van der Waals surface area contributed by atoms with Crippen molar-refractivity contribution in [3.8, 4) is 11.5 Å². The van der Waals surface area contributed by atoms with Crippen LogP contribution in [0.4, 0.5) is 11.6 Å². The number of hydrogen-bond acceptors (Lipinski definition) is 10. The number of benzene rings is 2. The molecule has 0 bridgehead atoms. The lowest BCUT2D eigenvalue weighted by molar-refractivity contribution is -0.759. The standard InChI is InChI=1S/C26H26N6O6S/c1-35-21-10-6-7-18(24(21)36-2)15-20-25(34)32(19-8-4-3-5-9-19)26(27-20)39-17-22(33)28-23-16-31(29-38-23)30-11-13-37-14-12-30/h3-10,15-16H,11-14,17H2,1-2H3/p+1/b20-15+. The summed E-state index contributed by atoms with van der Waals surface area (Å²) in [6.45, 7) is 2.53. The number of morpholine rings is 1. The molecule has 3 heterocycles. The van der Waals surface area contributed by atoms with Gasteiger partial charge in [-0.1, -0.05) is 42.1 Å². The summed E-state index contributed by atoms with van der Waals surface area (Å²) in [7, 11) is 3.08. The number of aromatic nitrogens is 2. The smallest absolute Gasteiger partial charge is 0.305 e. The molecule has 2 aliphatic rings. The molecule has 5 rings (SSSR count). The van der Waals surface area contributed by atoms with E-state index >= 15 is 0 Å². The molecule has 2 amide bonds. The normalized spacial score (nSPS) is 16.4. The summed E-state index contributed by atoms with van der Waals surface area (Å²) in [6, 6.07) is 14.5. The number of methoxy groups -OCH3 is 2. The number of ether oxygens (including phenoxy) is 3. The first-order valence-corrected chi connectivity index (χ1v) is 13.1. The largest absolute Gasteiger partial charge is 0.493 e. The predicted molar refractivity (Wildman–Crippen MR) is 145 cm³/mol. The van der Waals surface area contributed by atoms with Gasteiger partial charge in [-0.2, -0.15) is 0 Å². The molecule has 1 aromatic heterocycles. The quantitative estimate of drug-likeness (QED) is 0.331. The maximum absolute atomic E-state index is 13.5. The minimum Gasteiger partial charge on any atom is -0.493 e. The van der Waals surface area contributed by atoms with Crippen LogP contribution in [-0.4, -0.2) is 68.5 Å². The van der Waals surface area contributed by atoms with Crippen molar-refractivity contribution in [2.75, 3.05) is 61.5 Å². The van der Waals surface area contributed by atoms with Gasteiger partial charge in [0.1, 0.15) is 5.70 Å². The van der Waals surface area contributed by atoms with Crippen LogP contribution in [0.1, 0.15) is 5.56 Å². The van der Waals surface area contributed by atoms with E-state index in [9.17, 15) is 9.59 Å². The third-order valence-electron chi connectivity index (χ3n) is 5.90. The van der Waals surface area contributed by atoms with Gasteiger partial charge in [0.15, 0.2) is 16.7 Å². The summed E-state index contributed by atoms with van der Waals surface area (Å²) < 4.78 is 21.5. The Bertz CT molecular complexity index is 1400. The SMILES string of the molecule is COc1cccc(/C=C2/N=C(SCC(=O)Nc3c[n+](N4CCOCC4)no3)N(c3ccccc3)C2=O)c1OC. The van der Waals surface area contributed by atoms with Gasteiger partial charge in [-0.25, -0.2) is 4.99 Å². The average Bonchev–Trinajstić information content (AvgIpc) is 3.56. The number of nitrogens with zero attached hydrogens (tertiary/aromatic N) is 5. The molecular weight excluding hydrogens is 524 g/mol. The van der Waals surface area contributed by atoms with E-state index in [-0.39, 0.29) is 29.1 Å². The van der Waals surface area contributed by atoms with Crippen LogP contribution in [0.25, 0.3) is 6.08 Å². The van der Waals surface area contributed by atoms with E-state index in [0.29, 0.717) is 54.2 Å². The lowest BCUT2D eigenvalue weighted by atomic mass is 10.1. The minimum absolute atomic E-state index is 0.0105. The molecule has 1 saturated heterocycles. The minimum atomic E-state index is -0.333. The second-order valence-corrected chi connectivity index (χ2v) is 9.31. The zero-order chi connectivity index (χ0) is 27.2. The molecule has 0 atom stereocenters. The Balaban J connectivity index is 1.33. The molecule has 0 unspecified atom stereocenters. The summed E-state index contributed by atoms with van der Waals surface area (Å²) in [5.41, 5.74) is 1.48. The number of amides is 2. The van der Waals surface area contributed by atoms with Crippen molar-refractivity contribution in [1.29, 1.82) is 0 Å². The first-order valence-electron chi connectivity index (χ1n) is 12.1. The summed E-state index contributed by atoms with van der Waals surface area (Å²) in [5, 5.41) is 8.97. The number of hydrogen-bond donors (Lipinski definition) is 1. The number of aliphatic imine (C=N–C) groups is 1. The lowest BCUT2D eigenvalue weighted by Crippen LogP contribution is -2.62. The Labute approximate surface area is 228 Å². The van der Waals surface area contributed by atoms with Crippen LogP contribution >= 0.6 is 11.8 Å². The molecule has 39 heavy (non-hydrogen) atoms. The Hall–Kier alpha value is -4.36. The molecule has 0 radical (unpaired) electrons. The molecule has 1 fully saturated rings. The van der Waals surface area contributed by atoms with Crippen LogP contribution in [0.2, 0.25) is 0 Å². The van der Waals surface area contributed by atoms with E-state index in [2.05, 4.69) is 15.6 Å². The Morgan fingerprint density at radius 2 is 1.92 bits per heavy atom. The van der Waals surface area contributed by atoms with Crippen molar-refractivity contribution in [3.05, 3.63) is 66.0 Å². The topological polar surface area (TPSA) is 123 Å². The van der Waals surface area contributed by atoms with Gasteiger partial charge in [0.2, 0.25) is 11.2 Å². The van der Waals surface area contributed by atoms with Gasteiger partial charge in [0.05, 0.1) is 56.8 Å². The number of anilines is 2. The first-order chi connectivity index (χ1) is 19.1. The third kappa shape index (κ3) is 5.89. The fraction of sp³-hybridized carbons (Fsp3) is 0.269. The molecule has 3 aromatic rings. The van der Waals surface area contributed by atoms with Gasteiger partial charge in [-0.15, -0.1) is 5.01 Å². The van der Waals surface area contributed by atoms with E-state index in [1.54, 1.807) is 36.3 Å². The summed E-state index contributed by atoms with van der Waals surface area (Å²) in [5.74, 6) is 0.570. The molecule has 13 heteroatoms. The number of nitrogens with one attached hydrogen (secondary N) is 1. The summed E-state index contributed by atoms with van der Waals surface area (Å²) in [6.07, 6.45) is 3.25. The van der Waals surface area contributed by atoms with Crippen LogP contribution in [0.5, 0.6) is 11.5 Å².